The molecule has 2 N–H and O–H groups in total. The van der Waals surface area contributed by atoms with Crippen molar-refractivity contribution < 1.29 is 9.13 Å². The zero-order valence-electron chi connectivity index (χ0n) is 11.0. The van der Waals surface area contributed by atoms with Crippen LogP contribution in [0.1, 0.15) is 24.1 Å². The van der Waals surface area contributed by atoms with Gasteiger partial charge in [0.25, 0.3) is 0 Å². The fourth-order valence-corrected chi connectivity index (χ4v) is 1.93. The molecule has 3 heteroatoms. The van der Waals surface area contributed by atoms with Crippen LogP contribution in [0.2, 0.25) is 0 Å². The summed E-state index contributed by atoms with van der Waals surface area (Å²) in [7, 11) is 0. The van der Waals surface area contributed by atoms with Crippen LogP contribution >= 0.6 is 0 Å². The lowest BCUT2D eigenvalue weighted by molar-refractivity contribution is 0.316. The number of hydrogen-bond acceptors (Lipinski definition) is 2. The minimum atomic E-state index is -0.289. The number of nitrogens with two attached hydrogens (primary N) is 1. The third-order valence-corrected chi connectivity index (χ3v) is 2.95. The molecule has 2 aromatic rings. The maximum absolute atomic E-state index is 13.2. The Morgan fingerprint density at radius 3 is 2.58 bits per heavy atom. The van der Waals surface area contributed by atoms with E-state index in [9.17, 15) is 4.39 Å². The van der Waals surface area contributed by atoms with Gasteiger partial charge in [0.1, 0.15) is 11.6 Å². The molecule has 0 fully saturated rings. The maximum Gasteiger partial charge on any atom is 0.124 e. The van der Waals surface area contributed by atoms with Crippen molar-refractivity contribution in [1.82, 2.24) is 0 Å². The largest absolute Gasteiger partial charge is 0.493 e. The molecule has 2 rings (SSSR count). The highest BCUT2D eigenvalue weighted by molar-refractivity contribution is 5.36. The molecule has 2 aromatic carbocycles. The Morgan fingerprint density at radius 2 is 1.89 bits per heavy atom. The van der Waals surface area contributed by atoms with Gasteiger partial charge in [-0.2, -0.15) is 0 Å². The highest BCUT2D eigenvalue weighted by Gasteiger charge is 2.09. The topological polar surface area (TPSA) is 35.2 Å². The summed E-state index contributed by atoms with van der Waals surface area (Å²) in [5, 5.41) is 0. The average Bonchev–Trinajstić information content (AvgIpc) is 2.41. The van der Waals surface area contributed by atoms with E-state index in [1.54, 1.807) is 6.07 Å². The summed E-state index contributed by atoms with van der Waals surface area (Å²) in [5.74, 6) is 0.370. The third-order valence-electron chi connectivity index (χ3n) is 2.95. The van der Waals surface area contributed by atoms with E-state index >= 15 is 0 Å². The van der Waals surface area contributed by atoms with Gasteiger partial charge in [-0.25, -0.2) is 4.39 Å². The van der Waals surface area contributed by atoms with Crippen molar-refractivity contribution >= 4 is 0 Å². The molecule has 0 saturated heterocycles. The molecule has 0 aliphatic rings. The van der Waals surface area contributed by atoms with E-state index in [0.29, 0.717) is 17.9 Å². The van der Waals surface area contributed by atoms with Gasteiger partial charge in [0.2, 0.25) is 0 Å². The summed E-state index contributed by atoms with van der Waals surface area (Å²) >= 11 is 0. The van der Waals surface area contributed by atoms with E-state index in [2.05, 4.69) is 12.1 Å². The first-order chi connectivity index (χ1) is 9.16. The van der Waals surface area contributed by atoms with E-state index in [1.807, 2.05) is 25.1 Å². The molecule has 0 bridgehead atoms. The third kappa shape index (κ3) is 3.80. The fraction of sp³-hybridized carbons (Fsp3) is 0.250. The Morgan fingerprint density at radius 1 is 1.16 bits per heavy atom. The highest BCUT2D eigenvalue weighted by Crippen LogP contribution is 2.24. The normalized spacial score (nSPS) is 12.2. The first-order valence-corrected chi connectivity index (χ1v) is 6.38. The zero-order valence-corrected chi connectivity index (χ0v) is 11.0. The van der Waals surface area contributed by atoms with Crippen LogP contribution in [-0.2, 0) is 6.42 Å². The van der Waals surface area contributed by atoms with Gasteiger partial charge in [0.05, 0.1) is 6.61 Å². The lowest BCUT2D eigenvalue weighted by atomic mass is 10.1. The van der Waals surface area contributed by atoms with Gasteiger partial charge < -0.3 is 10.5 Å². The molecule has 0 saturated carbocycles. The summed E-state index contributed by atoms with van der Waals surface area (Å²) in [6.07, 6.45) is 0.816. The van der Waals surface area contributed by atoms with Crippen LogP contribution in [0.25, 0.3) is 0 Å². The van der Waals surface area contributed by atoms with Gasteiger partial charge in [-0.3, -0.25) is 0 Å². The molecule has 0 aliphatic heterocycles. The molecule has 0 spiro atoms. The summed E-state index contributed by atoms with van der Waals surface area (Å²) in [5.41, 5.74) is 7.74. The molecule has 0 aromatic heterocycles. The minimum Gasteiger partial charge on any atom is -0.493 e. The highest BCUT2D eigenvalue weighted by atomic mass is 19.1. The Labute approximate surface area is 113 Å². The standard InChI is InChI=1S/C16H18FNO/c1-12(18)15-11-14(17)7-8-16(15)19-10-9-13-5-3-2-4-6-13/h2-8,11-12H,9-10,18H2,1H3/t12-/m0/s1. The summed E-state index contributed by atoms with van der Waals surface area (Å²) in [4.78, 5) is 0. The van der Waals surface area contributed by atoms with E-state index < -0.39 is 0 Å². The molecule has 19 heavy (non-hydrogen) atoms. The van der Waals surface area contributed by atoms with Gasteiger partial charge in [0.15, 0.2) is 0 Å². The van der Waals surface area contributed by atoms with Crippen LogP contribution in [0.3, 0.4) is 0 Å². The summed E-state index contributed by atoms with van der Waals surface area (Å²) in [6, 6.07) is 14.3. The van der Waals surface area contributed by atoms with Crippen molar-refractivity contribution in [3.8, 4) is 5.75 Å². The van der Waals surface area contributed by atoms with Crippen LogP contribution in [0.5, 0.6) is 5.75 Å². The van der Waals surface area contributed by atoms with Gasteiger partial charge >= 0.3 is 0 Å². The predicted molar refractivity (Wildman–Crippen MR) is 74.6 cm³/mol. The van der Waals surface area contributed by atoms with Gasteiger partial charge in [-0.05, 0) is 30.7 Å². The second-order valence-corrected chi connectivity index (χ2v) is 4.55. The number of halogens is 1. The molecule has 2 nitrogen and oxygen atoms in total. The molecule has 0 unspecified atom stereocenters. The van der Waals surface area contributed by atoms with E-state index in [4.69, 9.17) is 10.5 Å². The van der Waals surface area contributed by atoms with Crippen molar-refractivity contribution in [2.24, 2.45) is 5.73 Å². The first-order valence-electron chi connectivity index (χ1n) is 6.38. The van der Waals surface area contributed by atoms with Crippen LogP contribution < -0.4 is 10.5 Å². The van der Waals surface area contributed by atoms with Crippen molar-refractivity contribution in [2.75, 3.05) is 6.61 Å². The molecule has 0 heterocycles. The quantitative estimate of drug-likeness (QED) is 0.892. The summed E-state index contributed by atoms with van der Waals surface area (Å²) < 4.78 is 18.9. The van der Waals surface area contributed by atoms with E-state index in [0.717, 1.165) is 6.42 Å². The molecule has 100 valence electrons. The Hall–Kier alpha value is -1.87. The number of benzene rings is 2. The Balaban J connectivity index is 2.00. The number of hydrogen-bond donors (Lipinski definition) is 1. The van der Waals surface area contributed by atoms with Crippen LogP contribution in [-0.4, -0.2) is 6.61 Å². The molecule has 0 amide bonds. The Kier molecular flexibility index (Phi) is 4.53. The number of ether oxygens (including phenoxy) is 1. The zero-order chi connectivity index (χ0) is 13.7. The van der Waals surface area contributed by atoms with E-state index in [1.165, 1.54) is 17.7 Å². The molecule has 0 radical (unpaired) electrons. The second kappa shape index (κ2) is 6.34. The summed E-state index contributed by atoms with van der Waals surface area (Å²) in [6.45, 7) is 2.37. The van der Waals surface area contributed by atoms with Crippen LogP contribution in [0.4, 0.5) is 4.39 Å². The van der Waals surface area contributed by atoms with Gasteiger partial charge in [-0.15, -0.1) is 0 Å². The van der Waals surface area contributed by atoms with Crippen molar-refractivity contribution in [1.29, 1.82) is 0 Å². The molecule has 0 aliphatic carbocycles. The number of rotatable bonds is 5. The molecule has 1 atom stereocenters. The minimum absolute atomic E-state index is 0.248. The molecular weight excluding hydrogens is 241 g/mol. The lowest BCUT2D eigenvalue weighted by Gasteiger charge is -2.14. The smallest absolute Gasteiger partial charge is 0.124 e. The van der Waals surface area contributed by atoms with Crippen LogP contribution in [0.15, 0.2) is 48.5 Å². The van der Waals surface area contributed by atoms with Crippen LogP contribution in [0, 0.1) is 5.82 Å². The predicted octanol–water partition coefficient (Wildman–Crippen LogP) is 3.47. The Bertz CT molecular complexity index is 526. The molecular formula is C16H18FNO. The second-order valence-electron chi connectivity index (χ2n) is 4.55. The van der Waals surface area contributed by atoms with Gasteiger partial charge in [-0.1, -0.05) is 30.3 Å². The van der Waals surface area contributed by atoms with E-state index in [-0.39, 0.29) is 11.9 Å². The van der Waals surface area contributed by atoms with Crippen molar-refractivity contribution in [2.45, 2.75) is 19.4 Å². The van der Waals surface area contributed by atoms with Crippen molar-refractivity contribution in [3.05, 3.63) is 65.5 Å². The average molecular weight is 259 g/mol. The van der Waals surface area contributed by atoms with Gasteiger partial charge in [0, 0.05) is 18.0 Å². The SMILES string of the molecule is C[C@H](N)c1cc(F)ccc1OCCc1ccccc1. The van der Waals surface area contributed by atoms with Crippen molar-refractivity contribution in [3.63, 3.8) is 0 Å². The maximum atomic E-state index is 13.2. The first kappa shape index (κ1) is 13.6. The monoisotopic (exact) mass is 259 g/mol. The fourth-order valence-electron chi connectivity index (χ4n) is 1.93. The lowest BCUT2D eigenvalue weighted by Crippen LogP contribution is -2.10.